The Balaban J connectivity index is 1.82. The van der Waals surface area contributed by atoms with E-state index in [4.69, 9.17) is 0 Å². The molecule has 6 nitrogen and oxygen atoms in total. The Kier molecular flexibility index (Phi) is 5.05. The van der Waals surface area contributed by atoms with E-state index in [9.17, 15) is 9.90 Å². The van der Waals surface area contributed by atoms with Crippen LogP contribution in [0.4, 0.5) is 0 Å². The maximum Gasteiger partial charge on any atom is 0.241 e. The van der Waals surface area contributed by atoms with Crippen molar-refractivity contribution in [1.82, 2.24) is 20.3 Å². The van der Waals surface area contributed by atoms with Crippen LogP contribution in [0.1, 0.15) is 37.1 Å². The molecular weight excluding hydrogens is 268 g/mol. The van der Waals surface area contributed by atoms with E-state index in [-0.39, 0.29) is 18.4 Å². The zero-order valence-corrected chi connectivity index (χ0v) is 12.2. The predicted octanol–water partition coefficient (Wildman–Crippen LogP) is 1.25. The molecule has 1 aromatic heterocycles. The highest BCUT2D eigenvalue weighted by molar-refractivity contribution is 5.75. The number of amides is 1. The van der Waals surface area contributed by atoms with Gasteiger partial charge in [0.05, 0.1) is 12.3 Å². The van der Waals surface area contributed by atoms with E-state index in [0.717, 1.165) is 0 Å². The van der Waals surface area contributed by atoms with Crippen molar-refractivity contribution in [3.63, 3.8) is 0 Å². The van der Waals surface area contributed by atoms with Gasteiger partial charge in [-0.3, -0.25) is 4.79 Å². The van der Waals surface area contributed by atoms with Crippen LogP contribution < -0.4 is 5.32 Å². The molecule has 0 bridgehead atoms. The third-order valence-corrected chi connectivity index (χ3v) is 3.26. The highest BCUT2D eigenvalue weighted by atomic mass is 16.3. The van der Waals surface area contributed by atoms with Crippen molar-refractivity contribution in [2.75, 3.05) is 6.54 Å². The third kappa shape index (κ3) is 4.39. The summed E-state index contributed by atoms with van der Waals surface area (Å²) in [7, 11) is 0. The minimum atomic E-state index is -0.681. The number of hydrogen-bond donors (Lipinski definition) is 2. The molecule has 0 aliphatic heterocycles. The lowest BCUT2D eigenvalue weighted by atomic mass is 10.0. The maximum absolute atomic E-state index is 11.9. The number of hydrogen-bond acceptors (Lipinski definition) is 4. The summed E-state index contributed by atoms with van der Waals surface area (Å²) < 4.78 is 1.42. The van der Waals surface area contributed by atoms with Gasteiger partial charge in [0.1, 0.15) is 12.2 Å². The normalized spacial score (nSPS) is 13.7. The number of aliphatic hydroxyl groups excluding tert-OH is 1. The molecule has 0 saturated carbocycles. The van der Waals surface area contributed by atoms with E-state index in [0.29, 0.717) is 12.2 Å². The summed E-state index contributed by atoms with van der Waals surface area (Å²) in [6, 6.07) is 10.0. The second-order valence-electron chi connectivity index (χ2n) is 5.13. The van der Waals surface area contributed by atoms with E-state index >= 15 is 0 Å². The molecule has 6 heteroatoms. The molecule has 2 rings (SSSR count). The first kappa shape index (κ1) is 15.2. The first-order valence-corrected chi connectivity index (χ1v) is 6.96. The maximum atomic E-state index is 11.9. The van der Waals surface area contributed by atoms with Gasteiger partial charge < -0.3 is 10.4 Å². The van der Waals surface area contributed by atoms with Crippen molar-refractivity contribution in [1.29, 1.82) is 0 Å². The number of aliphatic hydroxyl groups is 1. The molecule has 2 N–H and O–H groups in total. The summed E-state index contributed by atoms with van der Waals surface area (Å²) in [4.78, 5) is 11.9. The fourth-order valence-electron chi connectivity index (χ4n) is 1.95. The van der Waals surface area contributed by atoms with Gasteiger partial charge in [-0.15, -0.1) is 5.10 Å². The summed E-state index contributed by atoms with van der Waals surface area (Å²) in [5, 5.41) is 19.8. The van der Waals surface area contributed by atoms with Crippen LogP contribution in [0.3, 0.4) is 0 Å². The highest BCUT2D eigenvalue weighted by Gasteiger charge is 2.10. The first-order chi connectivity index (χ1) is 10.1. The van der Waals surface area contributed by atoms with Gasteiger partial charge in [0.25, 0.3) is 0 Å². The SMILES string of the molecule is CC(O)c1cn(CC(=O)NCC(C)c2ccccc2)nn1. The van der Waals surface area contributed by atoms with E-state index < -0.39 is 6.10 Å². The fraction of sp³-hybridized carbons (Fsp3) is 0.400. The quantitative estimate of drug-likeness (QED) is 0.838. The Morgan fingerprint density at radius 3 is 2.67 bits per heavy atom. The van der Waals surface area contributed by atoms with Crippen LogP contribution in [0, 0.1) is 0 Å². The first-order valence-electron chi connectivity index (χ1n) is 6.96. The second kappa shape index (κ2) is 6.99. The van der Waals surface area contributed by atoms with Crippen LogP contribution in [0.15, 0.2) is 36.5 Å². The summed E-state index contributed by atoms with van der Waals surface area (Å²) in [6.07, 6.45) is 0.894. The number of nitrogens with zero attached hydrogens (tertiary/aromatic N) is 3. The van der Waals surface area contributed by atoms with Gasteiger partial charge in [0, 0.05) is 6.54 Å². The zero-order valence-electron chi connectivity index (χ0n) is 12.2. The van der Waals surface area contributed by atoms with Crippen LogP contribution in [0.5, 0.6) is 0 Å². The van der Waals surface area contributed by atoms with Crippen molar-refractivity contribution >= 4 is 5.91 Å². The monoisotopic (exact) mass is 288 g/mol. The summed E-state index contributed by atoms with van der Waals surface area (Å²) in [5.74, 6) is 0.124. The average molecular weight is 288 g/mol. The van der Waals surface area contributed by atoms with Crippen LogP contribution in [-0.4, -0.2) is 32.6 Å². The molecule has 0 fully saturated rings. The van der Waals surface area contributed by atoms with Crippen LogP contribution in [-0.2, 0) is 11.3 Å². The zero-order chi connectivity index (χ0) is 15.2. The number of aromatic nitrogens is 3. The molecule has 0 aliphatic rings. The molecule has 1 heterocycles. The van der Waals surface area contributed by atoms with Crippen molar-refractivity contribution < 1.29 is 9.90 Å². The topological polar surface area (TPSA) is 80.0 Å². The number of nitrogens with one attached hydrogen (secondary N) is 1. The number of benzene rings is 1. The molecule has 2 aromatic rings. The minimum Gasteiger partial charge on any atom is -0.387 e. The van der Waals surface area contributed by atoms with Gasteiger partial charge in [-0.2, -0.15) is 0 Å². The number of carbonyl (C=O) groups excluding carboxylic acids is 1. The number of rotatable bonds is 6. The highest BCUT2D eigenvalue weighted by Crippen LogP contribution is 2.13. The lowest BCUT2D eigenvalue weighted by molar-refractivity contribution is -0.121. The lowest BCUT2D eigenvalue weighted by Crippen LogP contribution is -2.30. The Hall–Kier alpha value is -2.21. The molecule has 2 unspecified atom stereocenters. The van der Waals surface area contributed by atoms with Gasteiger partial charge in [-0.1, -0.05) is 42.5 Å². The van der Waals surface area contributed by atoms with Crippen molar-refractivity contribution in [2.45, 2.75) is 32.4 Å². The Bertz CT molecular complexity index is 580. The third-order valence-electron chi connectivity index (χ3n) is 3.26. The largest absolute Gasteiger partial charge is 0.387 e. The Labute approximate surface area is 123 Å². The molecule has 0 aliphatic carbocycles. The second-order valence-corrected chi connectivity index (χ2v) is 5.13. The molecule has 0 spiro atoms. The minimum absolute atomic E-state index is 0.0984. The number of carbonyl (C=O) groups is 1. The Morgan fingerprint density at radius 1 is 1.33 bits per heavy atom. The Morgan fingerprint density at radius 2 is 2.05 bits per heavy atom. The van der Waals surface area contributed by atoms with E-state index in [2.05, 4.69) is 22.6 Å². The lowest BCUT2D eigenvalue weighted by Gasteiger charge is -2.12. The van der Waals surface area contributed by atoms with Gasteiger partial charge in [-0.05, 0) is 18.4 Å². The molecule has 1 aromatic carbocycles. The van der Waals surface area contributed by atoms with Crippen LogP contribution in [0.25, 0.3) is 0 Å². The smallest absolute Gasteiger partial charge is 0.241 e. The molecular formula is C15H20N4O2. The van der Waals surface area contributed by atoms with Crippen molar-refractivity contribution in [3.8, 4) is 0 Å². The van der Waals surface area contributed by atoms with Crippen molar-refractivity contribution in [3.05, 3.63) is 47.8 Å². The van der Waals surface area contributed by atoms with E-state index in [1.165, 1.54) is 10.2 Å². The van der Waals surface area contributed by atoms with E-state index in [1.807, 2.05) is 30.3 Å². The van der Waals surface area contributed by atoms with Gasteiger partial charge in [0.15, 0.2) is 0 Å². The average Bonchev–Trinajstić information content (AvgIpc) is 2.94. The molecule has 0 saturated heterocycles. The summed E-state index contributed by atoms with van der Waals surface area (Å²) in [6.45, 7) is 4.34. The fourth-order valence-corrected chi connectivity index (χ4v) is 1.95. The summed E-state index contributed by atoms with van der Waals surface area (Å²) in [5.41, 5.74) is 1.65. The standard InChI is InChI=1S/C15H20N4O2/c1-11(13-6-4-3-5-7-13)8-16-15(21)10-19-9-14(12(2)20)17-18-19/h3-7,9,11-12,20H,8,10H2,1-2H3,(H,16,21). The van der Waals surface area contributed by atoms with Crippen molar-refractivity contribution in [2.24, 2.45) is 0 Å². The molecule has 1 amide bonds. The molecule has 0 radical (unpaired) electrons. The molecule has 112 valence electrons. The summed E-state index contributed by atoms with van der Waals surface area (Å²) >= 11 is 0. The van der Waals surface area contributed by atoms with E-state index in [1.54, 1.807) is 13.1 Å². The van der Waals surface area contributed by atoms with Crippen LogP contribution >= 0.6 is 0 Å². The van der Waals surface area contributed by atoms with Gasteiger partial charge >= 0.3 is 0 Å². The van der Waals surface area contributed by atoms with Gasteiger partial charge in [-0.25, -0.2) is 4.68 Å². The predicted molar refractivity (Wildman–Crippen MR) is 78.5 cm³/mol. The molecule has 21 heavy (non-hydrogen) atoms. The van der Waals surface area contributed by atoms with Gasteiger partial charge in [0.2, 0.25) is 5.91 Å². The molecule has 2 atom stereocenters. The van der Waals surface area contributed by atoms with Crippen LogP contribution in [0.2, 0.25) is 0 Å².